The quantitative estimate of drug-likeness (QED) is 0.521. The Morgan fingerprint density at radius 3 is 2.85 bits per heavy atom. The third kappa shape index (κ3) is 2.81. The molecule has 1 aromatic heterocycles. The second-order valence-corrected chi connectivity index (χ2v) is 3.25. The van der Waals surface area contributed by atoms with E-state index in [1.807, 2.05) is 0 Å². The number of hydrogen-bond acceptors (Lipinski definition) is 4. The lowest BCUT2D eigenvalue weighted by Gasteiger charge is -2.00. The van der Waals surface area contributed by atoms with Crippen LogP contribution in [0.25, 0.3) is 0 Å². The van der Waals surface area contributed by atoms with Crippen LogP contribution in [0.1, 0.15) is 20.3 Å². The van der Waals surface area contributed by atoms with Crippen LogP contribution in [0.5, 0.6) is 0 Å². The van der Waals surface area contributed by atoms with Gasteiger partial charge in [0.25, 0.3) is 0 Å². The molecule has 0 atom stereocenters. The van der Waals surface area contributed by atoms with Crippen LogP contribution in [-0.2, 0) is 6.54 Å². The zero-order valence-corrected chi connectivity index (χ0v) is 7.67. The van der Waals surface area contributed by atoms with Crippen LogP contribution in [0, 0.1) is 16.0 Å². The number of nitro groups is 1. The molecule has 0 bridgehead atoms. The monoisotopic (exact) mass is 184 g/mol. The summed E-state index contributed by atoms with van der Waals surface area (Å²) in [5.41, 5.74) is 0. The smallest absolute Gasteiger partial charge is 0.390 e. The van der Waals surface area contributed by atoms with Crippen molar-refractivity contribution in [3.8, 4) is 0 Å². The summed E-state index contributed by atoms with van der Waals surface area (Å²) >= 11 is 0. The van der Waals surface area contributed by atoms with Crippen molar-refractivity contribution in [1.82, 2.24) is 14.8 Å². The molecule has 1 aromatic rings. The van der Waals surface area contributed by atoms with E-state index in [4.69, 9.17) is 0 Å². The van der Waals surface area contributed by atoms with Gasteiger partial charge in [-0.05, 0) is 17.3 Å². The molecule has 1 rings (SSSR count). The molecule has 0 saturated carbocycles. The van der Waals surface area contributed by atoms with Gasteiger partial charge in [-0.3, -0.25) is 0 Å². The van der Waals surface area contributed by atoms with Gasteiger partial charge >= 0.3 is 5.95 Å². The molecule has 0 unspecified atom stereocenters. The van der Waals surface area contributed by atoms with E-state index in [-0.39, 0.29) is 5.95 Å². The average molecular weight is 184 g/mol. The fraction of sp³-hybridized carbons (Fsp3) is 0.714. The van der Waals surface area contributed by atoms with E-state index in [1.54, 1.807) is 0 Å². The van der Waals surface area contributed by atoms with Crippen molar-refractivity contribution >= 4 is 5.95 Å². The van der Waals surface area contributed by atoms with Crippen molar-refractivity contribution in [2.45, 2.75) is 26.8 Å². The van der Waals surface area contributed by atoms with Gasteiger partial charge in [0, 0.05) is 5.10 Å². The molecule has 72 valence electrons. The molecule has 0 N–H and O–H groups in total. The van der Waals surface area contributed by atoms with Gasteiger partial charge in [-0.1, -0.05) is 18.8 Å². The molecule has 13 heavy (non-hydrogen) atoms. The summed E-state index contributed by atoms with van der Waals surface area (Å²) < 4.78 is 1.50. The Kier molecular flexibility index (Phi) is 2.94. The van der Waals surface area contributed by atoms with Gasteiger partial charge in [-0.15, -0.1) is 0 Å². The first-order chi connectivity index (χ1) is 6.09. The second-order valence-electron chi connectivity index (χ2n) is 3.25. The number of nitrogens with zero attached hydrogens (tertiary/aromatic N) is 4. The Morgan fingerprint density at radius 1 is 1.69 bits per heavy atom. The summed E-state index contributed by atoms with van der Waals surface area (Å²) in [6.07, 6.45) is 2.33. The van der Waals surface area contributed by atoms with Crippen LogP contribution < -0.4 is 0 Å². The molecule has 0 aliphatic rings. The van der Waals surface area contributed by atoms with Crippen molar-refractivity contribution in [3.63, 3.8) is 0 Å². The van der Waals surface area contributed by atoms with Crippen molar-refractivity contribution in [2.24, 2.45) is 5.92 Å². The minimum atomic E-state index is -0.591. The first kappa shape index (κ1) is 9.63. The van der Waals surface area contributed by atoms with E-state index in [0.29, 0.717) is 12.5 Å². The topological polar surface area (TPSA) is 73.8 Å². The van der Waals surface area contributed by atoms with Gasteiger partial charge in [-0.25, -0.2) is 0 Å². The zero-order valence-electron chi connectivity index (χ0n) is 7.67. The van der Waals surface area contributed by atoms with Crippen LogP contribution in [0.15, 0.2) is 6.33 Å². The first-order valence-corrected chi connectivity index (χ1v) is 4.13. The summed E-state index contributed by atoms with van der Waals surface area (Å²) in [6, 6.07) is 0. The van der Waals surface area contributed by atoms with Gasteiger partial charge in [0.1, 0.15) is 0 Å². The highest BCUT2D eigenvalue weighted by Gasteiger charge is 2.12. The van der Waals surface area contributed by atoms with Crippen molar-refractivity contribution < 1.29 is 4.92 Å². The number of rotatable bonds is 4. The van der Waals surface area contributed by atoms with Crippen molar-refractivity contribution in [2.75, 3.05) is 0 Å². The van der Waals surface area contributed by atoms with Crippen LogP contribution in [0.2, 0.25) is 0 Å². The summed E-state index contributed by atoms with van der Waals surface area (Å²) in [7, 11) is 0. The van der Waals surface area contributed by atoms with Gasteiger partial charge in [0.15, 0.2) is 0 Å². The van der Waals surface area contributed by atoms with Crippen molar-refractivity contribution in [1.29, 1.82) is 0 Å². The number of hydrogen-bond donors (Lipinski definition) is 0. The maximum absolute atomic E-state index is 10.2. The van der Waals surface area contributed by atoms with Gasteiger partial charge in [-0.2, -0.15) is 4.68 Å². The van der Waals surface area contributed by atoms with Gasteiger partial charge in [0.2, 0.25) is 6.33 Å². The SMILES string of the molecule is CC(C)CCn1cnc([N+](=O)[O-])n1. The third-order valence-electron chi connectivity index (χ3n) is 1.62. The Morgan fingerprint density at radius 2 is 2.38 bits per heavy atom. The first-order valence-electron chi connectivity index (χ1n) is 4.13. The molecule has 0 radical (unpaired) electrons. The lowest BCUT2D eigenvalue weighted by Crippen LogP contribution is -2.02. The maximum Gasteiger partial charge on any atom is 0.490 e. The van der Waals surface area contributed by atoms with Crippen LogP contribution in [0.3, 0.4) is 0 Å². The second kappa shape index (κ2) is 3.97. The zero-order chi connectivity index (χ0) is 9.84. The fourth-order valence-corrected chi connectivity index (χ4v) is 0.867. The highest BCUT2D eigenvalue weighted by atomic mass is 16.6. The molecular formula is C7H12N4O2. The summed E-state index contributed by atoms with van der Waals surface area (Å²) in [4.78, 5) is 13.2. The molecule has 0 aliphatic heterocycles. The lowest BCUT2D eigenvalue weighted by atomic mass is 10.1. The minimum absolute atomic E-state index is 0.330. The Balaban J connectivity index is 2.54. The Hall–Kier alpha value is -1.46. The standard InChI is InChI=1S/C7H12N4O2/c1-6(2)3-4-10-5-8-7(9-10)11(12)13/h5-6H,3-4H2,1-2H3. The summed E-state index contributed by atoms with van der Waals surface area (Å²) in [5.74, 6) is 0.229. The van der Waals surface area contributed by atoms with Gasteiger partial charge < -0.3 is 10.1 Å². The summed E-state index contributed by atoms with van der Waals surface area (Å²) in [6.45, 7) is 4.86. The third-order valence-corrected chi connectivity index (χ3v) is 1.62. The van der Waals surface area contributed by atoms with E-state index in [9.17, 15) is 10.1 Å². The van der Waals surface area contributed by atoms with Crippen LogP contribution >= 0.6 is 0 Å². The molecule has 0 saturated heterocycles. The van der Waals surface area contributed by atoms with E-state index in [0.717, 1.165) is 6.42 Å². The van der Waals surface area contributed by atoms with E-state index in [1.165, 1.54) is 11.0 Å². The largest absolute Gasteiger partial charge is 0.490 e. The molecule has 1 heterocycles. The normalized spacial score (nSPS) is 10.7. The number of aryl methyl sites for hydroxylation is 1. The van der Waals surface area contributed by atoms with E-state index < -0.39 is 4.92 Å². The Bertz CT molecular complexity index is 294. The van der Waals surface area contributed by atoms with Gasteiger partial charge in [0.05, 0.1) is 6.54 Å². The minimum Gasteiger partial charge on any atom is -0.390 e. The molecule has 0 fully saturated rings. The van der Waals surface area contributed by atoms with E-state index >= 15 is 0 Å². The molecule has 0 spiro atoms. The van der Waals surface area contributed by atoms with Crippen molar-refractivity contribution in [3.05, 3.63) is 16.4 Å². The molecule has 0 aliphatic carbocycles. The lowest BCUT2D eigenvalue weighted by molar-refractivity contribution is -0.394. The number of aromatic nitrogens is 3. The maximum atomic E-state index is 10.2. The summed E-state index contributed by atoms with van der Waals surface area (Å²) in [5, 5.41) is 13.9. The molecule has 0 aromatic carbocycles. The average Bonchev–Trinajstić information content (AvgIpc) is 2.48. The predicted octanol–water partition coefficient (Wildman–Crippen LogP) is 1.23. The highest BCUT2D eigenvalue weighted by molar-refractivity contribution is 4.96. The van der Waals surface area contributed by atoms with E-state index in [2.05, 4.69) is 23.9 Å². The fourth-order valence-electron chi connectivity index (χ4n) is 0.867. The molecule has 6 nitrogen and oxygen atoms in total. The molecule has 6 heteroatoms. The molecular weight excluding hydrogens is 172 g/mol. The highest BCUT2D eigenvalue weighted by Crippen LogP contribution is 2.04. The Labute approximate surface area is 75.7 Å². The molecule has 0 amide bonds. The van der Waals surface area contributed by atoms with Crippen LogP contribution in [0.4, 0.5) is 5.95 Å². The van der Waals surface area contributed by atoms with Crippen LogP contribution in [-0.4, -0.2) is 19.7 Å². The predicted molar refractivity (Wildman–Crippen MR) is 46.1 cm³/mol.